The molecule has 3 aromatic carbocycles. The lowest BCUT2D eigenvalue weighted by Crippen LogP contribution is -2.51. The first-order valence-electron chi connectivity index (χ1n) is 17.8. The minimum absolute atomic E-state index is 0.0643. The van der Waals surface area contributed by atoms with Gasteiger partial charge in [0.2, 0.25) is 5.91 Å². The highest BCUT2D eigenvalue weighted by Crippen LogP contribution is 2.36. The van der Waals surface area contributed by atoms with Crippen molar-refractivity contribution in [2.45, 2.75) is 38.8 Å². The molecule has 2 unspecified atom stereocenters. The smallest absolute Gasteiger partial charge is 0.407 e. The molecule has 53 heavy (non-hydrogen) atoms. The number of H-pyrrole nitrogens is 1. The second-order valence-electron chi connectivity index (χ2n) is 13.5. The number of aromatic nitrogens is 2. The predicted octanol–water partition coefficient (Wildman–Crippen LogP) is 6.15. The minimum atomic E-state index is -0.722. The molecular weight excluding hydrogens is 696 g/mol. The molecule has 0 bridgehead atoms. The number of benzene rings is 3. The molecule has 4 aromatic rings. The van der Waals surface area contributed by atoms with Crippen LogP contribution >= 0.6 is 11.6 Å². The number of aromatic amines is 1. The number of piperazine rings is 1. The van der Waals surface area contributed by atoms with Crippen LogP contribution in [0.5, 0.6) is 0 Å². The molecule has 0 aliphatic carbocycles. The number of anilines is 2. The van der Waals surface area contributed by atoms with E-state index >= 15 is 0 Å². The number of hydrogen-bond acceptors (Lipinski definition) is 7. The zero-order valence-corrected chi connectivity index (χ0v) is 31.1. The summed E-state index contributed by atoms with van der Waals surface area (Å²) in [6.45, 7) is 7.06. The maximum absolute atomic E-state index is 13.5. The zero-order chi connectivity index (χ0) is 37.6. The molecule has 3 heterocycles. The Morgan fingerprint density at radius 3 is 2.09 bits per heavy atom. The highest BCUT2D eigenvalue weighted by atomic mass is 35.5. The quantitative estimate of drug-likeness (QED) is 0.161. The number of likely N-dealkylation sites (tertiary alicyclic amines) is 1. The van der Waals surface area contributed by atoms with Gasteiger partial charge in [0.25, 0.3) is 5.91 Å². The van der Waals surface area contributed by atoms with Crippen LogP contribution in [0.3, 0.4) is 0 Å². The Balaban J connectivity index is 1.06. The number of alkyl carbamates (subject to hydrolysis) is 1. The minimum Gasteiger partial charge on any atom is -0.453 e. The van der Waals surface area contributed by atoms with Crippen LogP contribution in [0.4, 0.5) is 21.0 Å². The SMILES string of the molecule is CNC(=O)N1CCN(c2ccc(C(=O)Nc3ccc(-c4ccc(-c5nc(C6CCCN6C(=O)C(NC(=O)OC)C(C)C)[nH]c5Cl)cc4)cc3)cc2)CC1. The predicted molar refractivity (Wildman–Crippen MR) is 205 cm³/mol. The Bertz CT molecular complexity index is 1920. The summed E-state index contributed by atoms with van der Waals surface area (Å²) in [5.74, 6) is 0.0906. The number of ether oxygens (including phenoxy) is 1. The van der Waals surface area contributed by atoms with Crippen LogP contribution in [0.1, 0.15) is 48.9 Å². The van der Waals surface area contributed by atoms with Gasteiger partial charge in [-0.15, -0.1) is 0 Å². The van der Waals surface area contributed by atoms with Crippen molar-refractivity contribution in [3.8, 4) is 22.4 Å². The van der Waals surface area contributed by atoms with Gasteiger partial charge in [0.05, 0.1) is 13.2 Å². The maximum Gasteiger partial charge on any atom is 0.407 e. The Kier molecular flexibility index (Phi) is 11.5. The second-order valence-corrected chi connectivity index (χ2v) is 13.9. The van der Waals surface area contributed by atoms with Crippen LogP contribution in [0.25, 0.3) is 22.4 Å². The van der Waals surface area contributed by atoms with Crippen LogP contribution in [-0.2, 0) is 9.53 Å². The summed E-state index contributed by atoms with van der Waals surface area (Å²) < 4.78 is 4.74. The number of carbonyl (C=O) groups is 4. The number of amides is 5. The number of nitrogens with zero attached hydrogens (tertiary/aromatic N) is 4. The largest absolute Gasteiger partial charge is 0.453 e. The van der Waals surface area contributed by atoms with Gasteiger partial charge in [-0.05, 0) is 66.3 Å². The van der Waals surface area contributed by atoms with Crippen molar-refractivity contribution in [2.75, 3.05) is 57.1 Å². The molecule has 4 N–H and O–H groups in total. The van der Waals surface area contributed by atoms with Crippen LogP contribution in [0, 0.1) is 5.92 Å². The molecule has 0 radical (unpaired) electrons. The molecule has 6 rings (SSSR count). The monoisotopic (exact) mass is 740 g/mol. The third-order valence-electron chi connectivity index (χ3n) is 9.83. The van der Waals surface area contributed by atoms with E-state index in [9.17, 15) is 19.2 Å². The number of imidazole rings is 1. The van der Waals surface area contributed by atoms with Gasteiger partial charge in [-0.2, -0.15) is 0 Å². The van der Waals surface area contributed by atoms with E-state index in [1.807, 2.05) is 86.6 Å². The zero-order valence-electron chi connectivity index (χ0n) is 30.3. The summed E-state index contributed by atoms with van der Waals surface area (Å²) in [6, 6.07) is 22.0. The van der Waals surface area contributed by atoms with E-state index in [4.69, 9.17) is 21.3 Å². The summed E-state index contributed by atoms with van der Waals surface area (Å²) in [6.07, 6.45) is 0.881. The Morgan fingerprint density at radius 2 is 1.49 bits per heavy atom. The standard InChI is InChI=1S/C39H45ClN8O5/c1-24(2)32(44-39(52)53-4)37(50)48-19-5-6-31(48)35-43-33(34(40)45-35)27-9-7-25(8-10-27)26-11-15-29(16-12-26)42-36(49)28-13-17-30(18-14-28)46-20-22-47(23-21-46)38(51)41-3/h7-18,24,31-32H,5-6,19-23H2,1-4H3,(H,41,51)(H,42,49)(H,43,45)(H,44,52). The summed E-state index contributed by atoms with van der Waals surface area (Å²) in [4.78, 5) is 64.1. The molecule has 2 atom stereocenters. The van der Waals surface area contributed by atoms with Crippen molar-refractivity contribution in [1.29, 1.82) is 0 Å². The average molecular weight is 741 g/mol. The molecule has 2 fully saturated rings. The van der Waals surface area contributed by atoms with Gasteiger partial charge in [0.1, 0.15) is 22.7 Å². The highest BCUT2D eigenvalue weighted by Gasteiger charge is 2.38. The molecule has 278 valence electrons. The average Bonchev–Trinajstić information content (AvgIpc) is 3.83. The molecule has 1 aromatic heterocycles. The Morgan fingerprint density at radius 1 is 0.868 bits per heavy atom. The fraction of sp³-hybridized carbons (Fsp3) is 0.359. The van der Waals surface area contributed by atoms with E-state index < -0.39 is 12.1 Å². The van der Waals surface area contributed by atoms with E-state index in [1.165, 1.54) is 7.11 Å². The van der Waals surface area contributed by atoms with Gasteiger partial charge in [-0.3, -0.25) is 9.59 Å². The Labute approximate surface area is 314 Å². The molecule has 0 spiro atoms. The first-order valence-corrected chi connectivity index (χ1v) is 18.2. The highest BCUT2D eigenvalue weighted by molar-refractivity contribution is 6.32. The van der Waals surface area contributed by atoms with E-state index in [0.29, 0.717) is 47.6 Å². The fourth-order valence-corrected chi connectivity index (χ4v) is 7.08. The number of halogens is 1. The topological polar surface area (TPSA) is 152 Å². The molecular formula is C39H45ClN8O5. The van der Waals surface area contributed by atoms with Crippen molar-refractivity contribution >= 4 is 46.9 Å². The number of hydrogen-bond donors (Lipinski definition) is 4. The summed E-state index contributed by atoms with van der Waals surface area (Å²) in [7, 11) is 2.91. The molecule has 0 saturated carbocycles. The lowest BCUT2D eigenvalue weighted by molar-refractivity contribution is -0.135. The van der Waals surface area contributed by atoms with Gasteiger partial charge >= 0.3 is 12.1 Å². The lowest BCUT2D eigenvalue weighted by atomic mass is 10.0. The molecule has 2 aliphatic heterocycles. The molecule has 14 heteroatoms. The van der Waals surface area contributed by atoms with Crippen molar-refractivity contribution in [3.63, 3.8) is 0 Å². The number of nitrogens with one attached hydrogen (secondary N) is 4. The van der Waals surface area contributed by atoms with Gasteiger partial charge in [-0.1, -0.05) is 61.8 Å². The van der Waals surface area contributed by atoms with E-state index in [1.54, 1.807) is 16.8 Å². The van der Waals surface area contributed by atoms with Crippen molar-refractivity contribution in [3.05, 3.63) is 89.3 Å². The number of carbonyl (C=O) groups excluding carboxylic acids is 4. The van der Waals surface area contributed by atoms with Crippen LogP contribution in [0.15, 0.2) is 72.8 Å². The first-order chi connectivity index (χ1) is 25.6. The first kappa shape index (κ1) is 37.2. The van der Waals surface area contributed by atoms with Crippen LogP contribution in [-0.4, -0.2) is 96.6 Å². The van der Waals surface area contributed by atoms with Crippen LogP contribution in [0.2, 0.25) is 5.15 Å². The number of rotatable bonds is 9. The van der Waals surface area contributed by atoms with Gasteiger partial charge < -0.3 is 40.4 Å². The maximum atomic E-state index is 13.5. The van der Waals surface area contributed by atoms with Gasteiger partial charge in [0, 0.05) is 62.3 Å². The molecule has 2 saturated heterocycles. The summed E-state index contributed by atoms with van der Waals surface area (Å²) >= 11 is 6.66. The van der Waals surface area contributed by atoms with E-state index in [-0.39, 0.29) is 29.8 Å². The number of urea groups is 1. The molecule has 2 aliphatic rings. The van der Waals surface area contributed by atoms with Crippen molar-refractivity contribution in [1.82, 2.24) is 30.4 Å². The fourth-order valence-electron chi connectivity index (χ4n) is 6.83. The van der Waals surface area contributed by atoms with Gasteiger partial charge in [-0.25, -0.2) is 14.6 Å². The van der Waals surface area contributed by atoms with E-state index in [2.05, 4.69) is 25.8 Å². The number of methoxy groups -OCH3 is 1. The van der Waals surface area contributed by atoms with Gasteiger partial charge in [0.15, 0.2) is 0 Å². The summed E-state index contributed by atoms with van der Waals surface area (Å²) in [5.41, 5.74) is 5.63. The van der Waals surface area contributed by atoms with Crippen LogP contribution < -0.4 is 20.9 Å². The molecule has 13 nitrogen and oxygen atoms in total. The Hall–Kier alpha value is -5.56. The third-order valence-corrected chi connectivity index (χ3v) is 10.1. The molecule has 5 amide bonds. The lowest BCUT2D eigenvalue weighted by Gasteiger charge is -2.35. The van der Waals surface area contributed by atoms with Crippen molar-refractivity contribution < 1.29 is 23.9 Å². The van der Waals surface area contributed by atoms with Crippen molar-refractivity contribution in [2.24, 2.45) is 5.92 Å². The third kappa shape index (κ3) is 8.41. The van der Waals surface area contributed by atoms with E-state index in [0.717, 1.165) is 48.3 Å². The second kappa shape index (κ2) is 16.4. The normalized spacial score (nSPS) is 16.3. The summed E-state index contributed by atoms with van der Waals surface area (Å²) in [5, 5.41) is 8.70.